The summed E-state index contributed by atoms with van der Waals surface area (Å²) in [6.07, 6.45) is 0. The molecule has 3 rings (SSSR count). The van der Waals surface area contributed by atoms with Crippen LogP contribution in [-0.2, 0) is 0 Å². The zero-order chi connectivity index (χ0) is 21.3. The van der Waals surface area contributed by atoms with E-state index in [0.717, 1.165) is 9.13 Å². The Hall–Kier alpha value is -0.950. The molecule has 2 N–H and O–H groups in total. The first-order chi connectivity index (χ1) is 13.7. The molecule has 1 amide bonds. The largest absolute Gasteiger partial charge is 0.495 e. The van der Waals surface area contributed by atoms with Crippen molar-refractivity contribution < 1.29 is 19.4 Å². The number of thiophene rings is 1. The summed E-state index contributed by atoms with van der Waals surface area (Å²) < 4.78 is 7.83. The molecule has 1 heterocycles. The van der Waals surface area contributed by atoms with Crippen molar-refractivity contribution in [2.24, 2.45) is 0 Å². The molecule has 0 unspecified atom stereocenters. The van der Waals surface area contributed by atoms with Crippen LogP contribution in [0.25, 0.3) is 10.4 Å². The third-order valence-corrected chi connectivity index (χ3v) is 8.35. The molecule has 0 aliphatic heterocycles. The number of carboxylic acid groups (broad SMARTS) is 1. The molecule has 0 radical (unpaired) electrons. The van der Waals surface area contributed by atoms with Crippen LogP contribution < -0.4 is 10.1 Å². The van der Waals surface area contributed by atoms with Gasteiger partial charge in [-0.25, -0.2) is 4.79 Å². The zero-order valence-corrected chi connectivity index (χ0v) is 22.3. The lowest BCUT2D eigenvalue weighted by Gasteiger charge is -2.13. The molecule has 5 nitrogen and oxygen atoms in total. The molecule has 10 heteroatoms. The van der Waals surface area contributed by atoms with Crippen LogP contribution in [0.5, 0.6) is 5.75 Å². The number of carboxylic acids is 1. The van der Waals surface area contributed by atoms with Gasteiger partial charge in [0.05, 0.1) is 27.7 Å². The van der Waals surface area contributed by atoms with Gasteiger partial charge in [-0.15, -0.1) is 11.3 Å². The molecule has 0 atom stereocenters. The van der Waals surface area contributed by atoms with E-state index in [2.05, 4.69) is 75.7 Å². The van der Waals surface area contributed by atoms with Crippen molar-refractivity contribution in [1.29, 1.82) is 0 Å². The Morgan fingerprint density at radius 1 is 1.14 bits per heavy atom. The van der Waals surface area contributed by atoms with Gasteiger partial charge in [0.25, 0.3) is 5.91 Å². The quantitative estimate of drug-likeness (QED) is 0.216. The fourth-order valence-corrected chi connectivity index (χ4v) is 6.07. The van der Waals surface area contributed by atoms with Crippen molar-refractivity contribution in [1.82, 2.24) is 0 Å². The van der Waals surface area contributed by atoms with Crippen molar-refractivity contribution >= 4 is 99.3 Å². The molecule has 150 valence electrons. The maximum absolute atomic E-state index is 13.0. The van der Waals surface area contributed by atoms with Gasteiger partial charge < -0.3 is 15.2 Å². The van der Waals surface area contributed by atoms with E-state index in [9.17, 15) is 14.7 Å². The monoisotopic (exact) mass is 713 g/mol. The Morgan fingerprint density at radius 2 is 1.86 bits per heavy atom. The lowest BCUT2D eigenvalue weighted by molar-refractivity contribution is 0.0699. The molecule has 3 aromatic rings. The maximum Gasteiger partial charge on any atom is 0.339 e. The Bertz CT molecular complexity index is 1130. The van der Waals surface area contributed by atoms with Crippen LogP contribution in [0.4, 0.5) is 5.69 Å². The van der Waals surface area contributed by atoms with Crippen LogP contribution in [0, 0.1) is 3.57 Å². The summed E-state index contributed by atoms with van der Waals surface area (Å²) in [6.45, 7) is 0. The second-order valence-electron chi connectivity index (χ2n) is 5.69. The van der Waals surface area contributed by atoms with Crippen molar-refractivity contribution in [3.8, 4) is 16.2 Å². The van der Waals surface area contributed by atoms with Crippen LogP contribution in [-0.4, -0.2) is 24.1 Å². The molecule has 0 fully saturated rings. The topological polar surface area (TPSA) is 75.6 Å². The van der Waals surface area contributed by atoms with E-state index in [0.29, 0.717) is 29.6 Å². The molecule has 1 aromatic heterocycles. The lowest BCUT2D eigenvalue weighted by atomic mass is 10.1. The second kappa shape index (κ2) is 9.46. The van der Waals surface area contributed by atoms with E-state index < -0.39 is 11.9 Å². The first-order valence-electron chi connectivity index (χ1n) is 7.88. The molecule has 0 spiro atoms. The van der Waals surface area contributed by atoms with Gasteiger partial charge in [0, 0.05) is 17.9 Å². The first kappa shape index (κ1) is 22.7. The number of nitrogens with one attached hydrogen (secondary N) is 1. The molecule has 0 aliphatic rings. The fraction of sp³-hybridized carbons (Fsp3) is 0.0526. The van der Waals surface area contributed by atoms with Gasteiger partial charge >= 0.3 is 5.97 Å². The number of methoxy groups -OCH3 is 1. The van der Waals surface area contributed by atoms with E-state index in [1.807, 2.05) is 24.3 Å². The van der Waals surface area contributed by atoms with Gasteiger partial charge in [0.15, 0.2) is 0 Å². The Labute approximate surface area is 209 Å². The summed E-state index contributed by atoms with van der Waals surface area (Å²) in [4.78, 5) is 25.5. The summed E-state index contributed by atoms with van der Waals surface area (Å²) in [6, 6.07) is 9.20. The molecule has 2 aromatic carbocycles. The average molecular weight is 716 g/mol. The molecule has 0 aliphatic carbocycles. The van der Waals surface area contributed by atoms with Crippen LogP contribution in [0.2, 0.25) is 0 Å². The Morgan fingerprint density at radius 3 is 2.48 bits per heavy atom. The highest BCUT2D eigenvalue weighted by molar-refractivity contribution is 14.1. The van der Waals surface area contributed by atoms with Gasteiger partial charge in [-0.2, -0.15) is 0 Å². The predicted molar refractivity (Wildman–Crippen MR) is 133 cm³/mol. The molecular formula is C19H11Br3INO4S. The summed E-state index contributed by atoms with van der Waals surface area (Å²) in [5.41, 5.74) is 1.41. The standard InChI is InChI=1S/C19H11Br3INO4S/c1-28-12-6-10(20)13(16(22)15(12)21)18(25)24-11-7-29-17(14(11)19(26)27)8-3-2-4-9(23)5-8/h2-7H,1H3,(H,24,25)(H,26,27). The Balaban J connectivity index is 2.03. The van der Waals surface area contributed by atoms with Gasteiger partial charge in [-0.3, -0.25) is 4.79 Å². The third-order valence-electron chi connectivity index (χ3n) is 3.91. The lowest BCUT2D eigenvalue weighted by Crippen LogP contribution is -2.15. The number of hydrogen-bond acceptors (Lipinski definition) is 4. The predicted octanol–water partition coefficient (Wildman–Crippen LogP) is 7.27. The van der Waals surface area contributed by atoms with Gasteiger partial charge in [0.2, 0.25) is 0 Å². The Kier molecular flexibility index (Phi) is 7.41. The number of aromatic carboxylic acids is 1. The molecular weight excluding hydrogens is 705 g/mol. The smallest absolute Gasteiger partial charge is 0.339 e. The fourth-order valence-electron chi connectivity index (χ4n) is 2.62. The second-order valence-corrected chi connectivity index (χ2v) is 10.3. The minimum atomic E-state index is -1.11. The maximum atomic E-state index is 13.0. The minimum absolute atomic E-state index is 0.0603. The number of hydrogen-bond donors (Lipinski definition) is 2. The van der Waals surface area contributed by atoms with E-state index in [-0.39, 0.29) is 11.3 Å². The number of carbonyl (C=O) groups is 2. The number of carbonyl (C=O) groups excluding carboxylic acids is 1. The number of benzene rings is 2. The van der Waals surface area contributed by atoms with Crippen molar-refractivity contribution in [2.75, 3.05) is 12.4 Å². The van der Waals surface area contributed by atoms with Crippen LogP contribution in [0.1, 0.15) is 20.7 Å². The van der Waals surface area contributed by atoms with E-state index >= 15 is 0 Å². The van der Waals surface area contributed by atoms with E-state index in [4.69, 9.17) is 4.74 Å². The highest BCUT2D eigenvalue weighted by Crippen LogP contribution is 2.41. The minimum Gasteiger partial charge on any atom is -0.495 e. The first-order valence-corrected chi connectivity index (χ1v) is 12.2. The zero-order valence-electron chi connectivity index (χ0n) is 14.6. The summed E-state index contributed by atoms with van der Waals surface area (Å²) in [7, 11) is 1.52. The van der Waals surface area contributed by atoms with E-state index in [1.165, 1.54) is 18.4 Å². The SMILES string of the molecule is COc1cc(Br)c(C(=O)Nc2csc(-c3cccc(I)c3)c2C(=O)O)c(Br)c1Br. The molecule has 0 saturated carbocycles. The van der Waals surface area contributed by atoms with Crippen molar-refractivity contribution in [3.63, 3.8) is 0 Å². The average Bonchev–Trinajstić information content (AvgIpc) is 3.08. The number of rotatable bonds is 5. The van der Waals surface area contributed by atoms with Crippen LogP contribution in [0.15, 0.2) is 49.1 Å². The number of ether oxygens (including phenoxy) is 1. The highest BCUT2D eigenvalue weighted by atomic mass is 127. The molecule has 29 heavy (non-hydrogen) atoms. The number of halogens is 4. The normalized spacial score (nSPS) is 10.7. The van der Waals surface area contributed by atoms with Crippen molar-refractivity contribution in [3.05, 3.63) is 63.8 Å². The van der Waals surface area contributed by atoms with E-state index in [1.54, 1.807) is 11.4 Å². The third kappa shape index (κ3) is 4.71. The van der Waals surface area contributed by atoms with Crippen molar-refractivity contribution in [2.45, 2.75) is 0 Å². The van der Waals surface area contributed by atoms with Gasteiger partial charge in [-0.1, -0.05) is 12.1 Å². The summed E-state index contributed by atoms with van der Waals surface area (Å²) in [5.74, 6) is -1.02. The van der Waals surface area contributed by atoms with Gasteiger partial charge in [0.1, 0.15) is 11.3 Å². The van der Waals surface area contributed by atoms with Crippen LogP contribution >= 0.6 is 81.7 Å². The molecule has 0 saturated heterocycles. The summed E-state index contributed by atoms with van der Waals surface area (Å²) in [5, 5.41) is 14.1. The molecule has 0 bridgehead atoms. The van der Waals surface area contributed by atoms with Gasteiger partial charge in [-0.05, 0) is 94.1 Å². The summed E-state index contributed by atoms with van der Waals surface area (Å²) >= 11 is 13.6. The van der Waals surface area contributed by atoms with Crippen LogP contribution in [0.3, 0.4) is 0 Å². The number of amides is 1. The number of anilines is 1. The highest BCUT2D eigenvalue weighted by Gasteiger charge is 2.25.